The summed E-state index contributed by atoms with van der Waals surface area (Å²) in [5, 5.41) is 1.29. The summed E-state index contributed by atoms with van der Waals surface area (Å²) in [5.41, 5.74) is 3.69. The Bertz CT molecular complexity index is 977. The Kier molecular flexibility index (Phi) is 4.03. The summed E-state index contributed by atoms with van der Waals surface area (Å²) in [4.78, 5) is 23.5. The fraction of sp³-hybridized carbons (Fsp3) is 0.455. The second-order valence-electron chi connectivity index (χ2n) is 8.00. The van der Waals surface area contributed by atoms with Crippen LogP contribution in [-0.2, 0) is 18.3 Å². The van der Waals surface area contributed by atoms with Crippen LogP contribution in [0.25, 0.3) is 10.9 Å². The number of para-hydroxylation sites is 1. The average molecular weight is 362 g/mol. The molecule has 1 aromatic carbocycles. The van der Waals surface area contributed by atoms with E-state index in [2.05, 4.69) is 50.7 Å². The number of H-pyrrole nitrogens is 1. The number of fused-ring (bicyclic) bond motifs is 3. The van der Waals surface area contributed by atoms with Gasteiger partial charge >= 0.3 is 0 Å². The van der Waals surface area contributed by atoms with Gasteiger partial charge in [0.05, 0.1) is 5.92 Å². The lowest BCUT2D eigenvalue weighted by atomic mass is 9.85. The number of amides is 1. The summed E-state index contributed by atoms with van der Waals surface area (Å²) in [5.74, 6) is 1.91. The second kappa shape index (κ2) is 6.55. The highest BCUT2D eigenvalue weighted by atomic mass is 16.2. The lowest BCUT2D eigenvalue weighted by Crippen LogP contribution is -2.41. The van der Waals surface area contributed by atoms with E-state index in [0.717, 1.165) is 56.5 Å². The molecule has 5 rings (SSSR count). The summed E-state index contributed by atoms with van der Waals surface area (Å²) in [6, 6.07) is 8.44. The van der Waals surface area contributed by atoms with Crippen LogP contribution in [0.3, 0.4) is 0 Å². The number of aromatic amines is 1. The van der Waals surface area contributed by atoms with Crippen molar-refractivity contribution in [3.63, 3.8) is 0 Å². The fourth-order valence-corrected chi connectivity index (χ4v) is 5.01. The molecule has 140 valence electrons. The molecule has 5 nitrogen and oxygen atoms in total. The van der Waals surface area contributed by atoms with Crippen molar-refractivity contribution >= 4 is 16.8 Å². The summed E-state index contributed by atoms with van der Waals surface area (Å²) >= 11 is 0. The van der Waals surface area contributed by atoms with Crippen molar-refractivity contribution in [2.45, 2.75) is 43.9 Å². The van der Waals surface area contributed by atoms with Crippen LogP contribution in [0.15, 0.2) is 36.7 Å². The van der Waals surface area contributed by atoms with Gasteiger partial charge in [-0.3, -0.25) is 4.79 Å². The van der Waals surface area contributed by atoms with Crippen LogP contribution < -0.4 is 0 Å². The molecule has 2 aliphatic rings. The maximum Gasteiger partial charge on any atom is 0.231 e. The number of imidazole rings is 1. The van der Waals surface area contributed by atoms with Gasteiger partial charge < -0.3 is 14.5 Å². The van der Waals surface area contributed by atoms with Crippen LogP contribution in [0.4, 0.5) is 0 Å². The number of hydrogen-bond acceptors (Lipinski definition) is 2. The molecule has 1 amide bonds. The van der Waals surface area contributed by atoms with E-state index in [1.54, 1.807) is 0 Å². The number of nitrogens with one attached hydrogen (secondary N) is 1. The largest absolute Gasteiger partial charge is 0.357 e. The van der Waals surface area contributed by atoms with Crippen LogP contribution in [0.1, 0.15) is 54.6 Å². The van der Waals surface area contributed by atoms with Gasteiger partial charge in [0.1, 0.15) is 5.82 Å². The Hall–Kier alpha value is -2.56. The van der Waals surface area contributed by atoms with Crippen molar-refractivity contribution in [1.29, 1.82) is 0 Å². The first-order valence-corrected chi connectivity index (χ1v) is 10.1. The maximum absolute atomic E-state index is 13.3. The molecule has 1 aliphatic heterocycles. The quantitative estimate of drug-likeness (QED) is 0.755. The first-order valence-electron chi connectivity index (χ1n) is 10.1. The number of rotatable bonds is 2. The summed E-state index contributed by atoms with van der Waals surface area (Å²) < 4.78 is 2.11. The number of nitrogens with zero attached hydrogens (tertiary/aromatic N) is 3. The predicted octanol–water partition coefficient (Wildman–Crippen LogP) is 3.73. The van der Waals surface area contributed by atoms with E-state index in [-0.39, 0.29) is 5.92 Å². The van der Waals surface area contributed by atoms with E-state index in [0.29, 0.717) is 11.8 Å². The summed E-state index contributed by atoms with van der Waals surface area (Å²) in [7, 11) is 2.05. The highest BCUT2D eigenvalue weighted by Crippen LogP contribution is 2.38. The Balaban J connectivity index is 1.35. The van der Waals surface area contributed by atoms with Gasteiger partial charge in [-0.1, -0.05) is 18.2 Å². The van der Waals surface area contributed by atoms with Crippen molar-refractivity contribution in [2.75, 3.05) is 13.1 Å². The molecule has 1 N–H and O–H groups in total. The highest BCUT2D eigenvalue weighted by Gasteiger charge is 2.34. The number of aryl methyl sites for hydroxylation is 2. The van der Waals surface area contributed by atoms with E-state index in [9.17, 15) is 4.79 Å². The number of hydrogen-bond donors (Lipinski definition) is 1. The molecule has 0 radical (unpaired) electrons. The first-order chi connectivity index (χ1) is 13.2. The van der Waals surface area contributed by atoms with Crippen LogP contribution in [0.2, 0.25) is 0 Å². The normalized spacial score (nSPS) is 20.8. The average Bonchev–Trinajstić information content (AvgIpc) is 3.31. The smallest absolute Gasteiger partial charge is 0.231 e. The van der Waals surface area contributed by atoms with Crippen LogP contribution >= 0.6 is 0 Å². The summed E-state index contributed by atoms with van der Waals surface area (Å²) in [6.07, 6.45) is 9.00. The zero-order valence-electron chi connectivity index (χ0n) is 15.8. The zero-order valence-corrected chi connectivity index (χ0v) is 15.8. The monoisotopic (exact) mass is 362 g/mol. The van der Waals surface area contributed by atoms with Gasteiger partial charge in [0, 0.05) is 55.0 Å². The standard InChI is InChI=1S/C22H26N4O/c1-25-14-11-23-21(25)15-9-12-26(13-10-15)22(27)18-7-4-6-17-16-5-2-3-8-19(16)24-20(17)18/h2-3,5,8,11,14-15,18,24H,4,6-7,9-10,12-13H2,1H3/t18-/m0/s1. The Labute approximate surface area is 159 Å². The second-order valence-corrected chi connectivity index (χ2v) is 8.00. The molecule has 1 atom stereocenters. The molecule has 3 aromatic rings. The third kappa shape index (κ3) is 2.76. The van der Waals surface area contributed by atoms with Crippen molar-refractivity contribution in [2.24, 2.45) is 7.05 Å². The van der Waals surface area contributed by atoms with Gasteiger partial charge in [-0.25, -0.2) is 4.98 Å². The molecule has 1 fully saturated rings. The molecule has 5 heteroatoms. The predicted molar refractivity (Wildman–Crippen MR) is 106 cm³/mol. The zero-order chi connectivity index (χ0) is 18.4. The minimum Gasteiger partial charge on any atom is -0.357 e. The number of carbonyl (C=O) groups is 1. The molecular weight excluding hydrogens is 336 g/mol. The number of piperidine rings is 1. The van der Waals surface area contributed by atoms with Crippen molar-refractivity contribution < 1.29 is 4.79 Å². The Morgan fingerprint density at radius 2 is 2.00 bits per heavy atom. The lowest BCUT2D eigenvalue weighted by molar-refractivity contribution is -0.134. The third-order valence-corrected chi connectivity index (χ3v) is 6.44. The minimum atomic E-state index is -0.00846. The Morgan fingerprint density at radius 1 is 1.19 bits per heavy atom. The molecule has 0 saturated carbocycles. The van der Waals surface area contributed by atoms with Gasteiger partial charge in [0.25, 0.3) is 0 Å². The van der Waals surface area contributed by atoms with Crippen LogP contribution in [0, 0.1) is 0 Å². The number of likely N-dealkylation sites (tertiary alicyclic amines) is 1. The summed E-state index contributed by atoms with van der Waals surface area (Å²) in [6.45, 7) is 1.67. The van der Waals surface area contributed by atoms with Gasteiger partial charge in [0.15, 0.2) is 0 Å². The maximum atomic E-state index is 13.3. The molecule has 0 unspecified atom stereocenters. The van der Waals surface area contributed by atoms with Gasteiger partial charge in [-0.15, -0.1) is 0 Å². The van der Waals surface area contributed by atoms with E-state index in [1.807, 2.05) is 12.4 Å². The third-order valence-electron chi connectivity index (χ3n) is 6.44. The van der Waals surface area contributed by atoms with Gasteiger partial charge in [0.2, 0.25) is 5.91 Å². The number of carbonyl (C=O) groups excluding carboxylic acids is 1. The molecule has 1 saturated heterocycles. The van der Waals surface area contributed by atoms with Crippen molar-refractivity contribution in [3.05, 3.63) is 53.7 Å². The topological polar surface area (TPSA) is 53.9 Å². The van der Waals surface area contributed by atoms with Gasteiger partial charge in [-0.2, -0.15) is 0 Å². The molecular formula is C22H26N4O. The van der Waals surface area contributed by atoms with E-state index in [1.165, 1.54) is 16.6 Å². The fourth-order valence-electron chi connectivity index (χ4n) is 5.01. The first kappa shape index (κ1) is 16.6. The minimum absolute atomic E-state index is 0.00846. The van der Waals surface area contributed by atoms with Crippen LogP contribution in [-0.4, -0.2) is 38.4 Å². The number of aromatic nitrogens is 3. The Morgan fingerprint density at radius 3 is 2.78 bits per heavy atom. The van der Waals surface area contributed by atoms with E-state index < -0.39 is 0 Å². The molecule has 1 aliphatic carbocycles. The molecule has 3 heterocycles. The molecule has 2 aromatic heterocycles. The lowest BCUT2D eigenvalue weighted by Gasteiger charge is -2.35. The van der Waals surface area contributed by atoms with Crippen molar-refractivity contribution in [1.82, 2.24) is 19.4 Å². The van der Waals surface area contributed by atoms with Gasteiger partial charge in [-0.05, 0) is 43.7 Å². The molecule has 27 heavy (non-hydrogen) atoms. The highest BCUT2D eigenvalue weighted by molar-refractivity contribution is 5.90. The van der Waals surface area contributed by atoms with Crippen LogP contribution in [0.5, 0.6) is 0 Å². The van der Waals surface area contributed by atoms with E-state index in [4.69, 9.17) is 0 Å². The molecule has 0 bridgehead atoms. The SMILES string of the molecule is Cn1ccnc1C1CCN(C(=O)[C@H]2CCCc3c2[nH]c2ccccc32)CC1. The van der Waals surface area contributed by atoms with Crippen molar-refractivity contribution in [3.8, 4) is 0 Å². The number of benzene rings is 1. The molecule has 0 spiro atoms. The van der Waals surface area contributed by atoms with E-state index >= 15 is 0 Å².